The van der Waals surface area contributed by atoms with E-state index in [1.54, 1.807) is 12.2 Å². The summed E-state index contributed by atoms with van der Waals surface area (Å²) in [6.45, 7) is 20.0. The minimum Gasteiger partial charge on any atom is -0.462 e. The third-order valence-corrected chi connectivity index (χ3v) is 16.4. The van der Waals surface area contributed by atoms with Crippen LogP contribution in [0.2, 0.25) is 0 Å². The van der Waals surface area contributed by atoms with Crippen molar-refractivity contribution in [1.29, 1.82) is 0 Å². The van der Waals surface area contributed by atoms with Crippen LogP contribution in [0.3, 0.4) is 0 Å². The zero-order valence-corrected chi connectivity index (χ0v) is 32.7. The number of rotatable bonds is 8. The van der Waals surface area contributed by atoms with Gasteiger partial charge in [0.2, 0.25) is 0 Å². The van der Waals surface area contributed by atoms with Gasteiger partial charge in [0.15, 0.2) is 0 Å². The quantitative estimate of drug-likeness (QED) is 0.156. The van der Waals surface area contributed by atoms with Crippen molar-refractivity contribution >= 4 is 24.1 Å². The standard InChI is InChI=1S/C48H62O4/c1-33(2)36-24-29-48(32-51-41(49)22-18-34-14-10-8-11-15-34)31-30-46(6)37(43(36)48)20-21-39-45(5)27-26-40(44(3,4)38(45)25-28-47(39,46)7)52-42(50)23-19-35-16-12-9-13-17-35/h8-19,22-23,36-40,43H,1,20-21,24-32H2,2-7H3/b22-18+,23-19+/t36-,37+,38+,39-,40-,43+,45-,46+,47-,48-/m0/s1. The molecule has 0 spiro atoms. The average Bonchev–Trinajstić information content (AvgIpc) is 3.52. The summed E-state index contributed by atoms with van der Waals surface area (Å²) in [6, 6.07) is 19.9. The highest BCUT2D eigenvalue weighted by atomic mass is 16.5. The number of esters is 2. The lowest BCUT2D eigenvalue weighted by Gasteiger charge is -2.73. The van der Waals surface area contributed by atoms with E-state index < -0.39 is 0 Å². The Labute approximate surface area is 313 Å². The molecular weight excluding hydrogens is 641 g/mol. The van der Waals surface area contributed by atoms with Gasteiger partial charge in [-0.3, -0.25) is 0 Å². The number of carbonyl (C=O) groups excluding carboxylic acids is 2. The van der Waals surface area contributed by atoms with E-state index >= 15 is 0 Å². The molecule has 278 valence electrons. The van der Waals surface area contributed by atoms with E-state index in [9.17, 15) is 9.59 Å². The predicted octanol–water partition coefficient (Wildman–Crippen LogP) is 11.5. The number of benzene rings is 2. The van der Waals surface area contributed by atoms with Crippen LogP contribution in [0.25, 0.3) is 12.2 Å². The molecule has 5 aliphatic carbocycles. The van der Waals surface area contributed by atoms with Crippen molar-refractivity contribution in [2.75, 3.05) is 6.61 Å². The van der Waals surface area contributed by atoms with Crippen LogP contribution in [0.5, 0.6) is 0 Å². The van der Waals surface area contributed by atoms with E-state index in [-0.39, 0.29) is 45.1 Å². The van der Waals surface area contributed by atoms with Gasteiger partial charge in [0, 0.05) is 23.0 Å². The van der Waals surface area contributed by atoms with Crippen LogP contribution in [0.15, 0.2) is 85.0 Å². The van der Waals surface area contributed by atoms with Gasteiger partial charge in [0.25, 0.3) is 0 Å². The SMILES string of the molecule is C=C(C)[C@@H]1CC[C@@]2(COC(=O)/C=C/c3ccccc3)CC[C@]3(C)[C@H](CC[C@H]4[C@@]5(C)CC[C@H](OC(=O)/C=C/c6ccccc6)C(C)(C)[C@H]5CC[C@@]43C)[C@@H]12. The van der Waals surface area contributed by atoms with Gasteiger partial charge in [-0.2, -0.15) is 0 Å². The molecular formula is C48H62O4. The van der Waals surface area contributed by atoms with Gasteiger partial charge in [-0.1, -0.05) is 107 Å². The summed E-state index contributed by atoms with van der Waals surface area (Å²) < 4.78 is 12.5. The second-order valence-corrected chi connectivity index (χ2v) is 18.9. The molecule has 0 bridgehead atoms. The molecule has 0 aromatic heterocycles. The van der Waals surface area contributed by atoms with Crippen molar-refractivity contribution < 1.29 is 19.1 Å². The number of fused-ring (bicyclic) bond motifs is 7. The van der Waals surface area contributed by atoms with Crippen molar-refractivity contribution in [3.8, 4) is 0 Å². The van der Waals surface area contributed by atoms with E-state index in [4.69, 9.17) is 9.47 Å². The maximum atomic E-state index is 13.1. The highest BCUT2D eigenvalue weighted by molar-refractivity contribution is 5.87. The van der Waals surface area contributed by atoms with Crippen molar-refractivity contribution in [3.63, 3.8) is 0 Å². The first-order valence-corrected chi connectivity index (χ1v) is 20.2. The Morgan fingerprint density at radius 3 is 1.98 bits per heavy atom. The summed E-state index contributed by atoms with van der Waals surface area (Å²) in [5.74, 6) is 2.24. The lowest BCUT2D eigenvalue weighted by Crippen LogP contribution is -2.67. The van der Waals surface area contributed by atoms with E-state index in [1.807, 2.05) is 72.8 Å². The fourth-order valence-corrected chi connectivity index (χ4v) is 13.6. The lowest BCUT2D eigenvalue weighted by atomic mass is 9.32. The van der Waals surface area contributed by atoms with Crippen LogP contribution in [0.1, 0.15) is 117 Å². The van der Waals surface area contributed by atoms with Crippen LogP contribution in [-0.2, 0) is 19.1 Å². The summed E-state index contributed by atoms with van der Waals surface area (Å²) in [5, 5.41) is 0. The Hall–Kier alpha value is -3.40. The normalized spacial score (nSPS) is 39.2. The maximum Gasteiger partial charge on any atom is 0.331 e. The second-order valence-electron chi connectivity index (χ2n) is 18.9. The molecule has 2 aromatic rings. The number of carbonyl (C=O) groups is 2. The minimum absolute atomic E-state index is 0.0211. The van der Waals surface area contributed by atoms with Gasteiger partial charge in [-0.25, -0.2) is 9.59 Å². The molecule has 0 N–H and O–H groups in total. The third kappa shape index (κ3) is 6.14. The minimum atomic E-state index is -0.234. The van der Waals surface area contributed by atoms with Crippen LogP contribution in [0, 0.1) is 56.7 Å². The van der Waals surface area contributed by atoms with Gasteiger partial charge < -0.3 is 9.47 Å². The molecule has 4 heteroatoms. The van der Waals surface area contributed by atoms with Crippen LogP contribution < -0.4 is 0 Å². The third-order valence-electron chi connectivity index (χ3n) is 16.4. The topological polar surface area (TPSA) is 52.6 Å². The van der Waals surface area contributed by atoms with Crippen LogP contribution >= 0.6 is 0 Å². The molecule has 2 aromatic carbocycles. The Morgan fingerprint density at radius 2 is 1.35 bits per heavy atom. The largest absolute Gasteiger partial charge is 0.462 e. The number of hydrogen-bond acceptors (Lipinski definition) is 4. The molecule has 5 fully saturated rings. The van der Waals surface area contributed by atoms with E-state index in [0.717, 1.165) is 43.2 Å². The zero-order chi connectivity index (χ0) is 36.9. The Morgan fingerprint density at radius 1 is 0.712 bits per heavy atom. The summed E-state index contributed by atoms with van der Waals surface area (Å²) in [5.41, 5.74) is 3.89. The summed E-state index contributed by atoms with van der Waals surface area (Å²) in [4.78, 5) is 26.2. The van der Waals surface area contributed by atoms with Crippen molar-refractivity contribution in [3.05, 3.63) is 96.1 Å². The first kappa shape index (κ1) is 36.9. The molecule has 0 saturated heterocycles. The van der Waals surface area contributed by atoms with E-state index in [0.29, 0.717) is 36.2 Å². The maximum absolute atomic E-state index is 13.1. The molecule has 0 radical (unpaired) electrons. The Kier molecular flexibility index (Phi) is 9.79. The monoisotopic (exact) mass is 702 g/mol. The molecule has 0 amide bonds. The number of ether oxygens (including phenoxy) is 2. The van der Waals surface area contributed by atoms with Gasteiger partial charge >= 0.3 is 11.9 Å². The number of allylic oxidation sites excluding steroid dienone is 1. The molecule has 7 rings (SSSR count). The van der Waals surface area contributed by atoms with Crippen LogP contribution in [-0.4, -0.2) is 24.6 Å². The van der Waals surface area contributed by atoms with Crippen molar-refractivity contribution in [2.45, 2.75) is 112 Å². The fourth-order valence-electron chi connectivity index (χ4n) is 13.6. The van der Waals surface area contributed by atoms with E-state index in [2.05, 4.69) is 48.1 Å². The highest BCUT2D eigenvalue weighted by Gasteiger charge is 2.71. The van der Waals surface area contributed by atoms with Gasteiger partial charge in [-0.05, 0) is 140 Å². The zero-order valence-electron chi connectivity index (χ0n) is 32.7. The summed E-state index contributed by atoms with van der Waals surface area (Å²) in [6.07, 6.45) is 18.3. The van der Waals surface area contributed by atoms with Crippen LogP contribution in [0.4, 0.5) is 0 Å². The molecule has 5 aliphatic rings. The first-order valence-electron chi connectivity index (χ1n) is 20.2. The summed E-state index contributed by atoms with van der Waals surface area (Å²) >= 11 is 0. The molecule has 0 heterocycles. The smallest absolute Gasteiger partial charge is 0.331 e. The molecule has 0 aliphatic heterocycles. The molecule has 52 heavy (non-hydrogen) atoms. The average molecular weight is 703 g/mol. The van der Waals surface area contributed by atoms with Crippen molar-refractivity contribution in [1.82, 2.24) is 0 Å². The molecule has 10 atom stereocenters. The highest BCUT2D eigenvalue weighted by Crippen LogP contribution is 2.77. The summed E-state index contributed by atoms with van der Waals surface area (Å²) in [7, 11) is 0. The Bertz CT molecular complexity index is 1710. The molecule has 4 nitrogen and oxygen atoms in total. The predicted molar refractivity (Wildman–Crippen MR) is 211 cm³/mol. The van der Waals surface area contributed by atoms with Crippen molar-refractivity contribution in [2.24, 2.45) is 56.7 Å². The van der Waals surface area contributed by atoms with Gasteiger partial charge in [0.05, 0.1) is 6.61 Å². The Balaban J connectivity index is 1.09. The van der Waals surface area contributed by atoms with Gasteiger partial charge in [0.1, 0.15) is 6.10 Å². The number of hydrogen-bond donors (Lipinski definition) is 0. The molecule has 5 saturated carbocycles. The molecule has 0 unspecified atom stereocenters. The lowest BCUT2D eigenvalue weighted by molar-refractivity contribution is -0.251. The van der Waals surface area contributed by atoms with Gasteiger partial charge in [-0.15, -0.1) is 0 Å². The van der Waals surface area contributed by atoms with E-state index in [1.165, 1.54) is 37.7 Å². The fraction of sp³-hybridized carbons (Fsp3) is 0.583. The first-order chi connectivity index (χ1) is 24.7. The second kappa shape index (κ2) is 13.8.